The molecule has 0 spiro atoms. The summed E-state index contributed by atoms with van der Waals surface area (Å²) in [6, 6.07) is 6.81. The van der Waals surface area contributed by atoms with E-state index in [0.717, 1.165) is 0 Å². The fourth-order valence-corrected chi connectivity index (χ4v) is 3.27. The molecule has 0 unspecified atom stereocenters. The molecule has 0 aromatic heterocycles. The van der Waals surface area contributed by atoms with E-state index in [-0.39, 0.29) is 25.0 Å². The number of carbonyl (C=O) groups is 2. The Morgan fingerprint density at radius 2 is 0.842 bits per heavy atom. The van der Waals surface area contributed by atoms with Crippen LogP contribution >= 0.6 is 0 Å². The Kier molecular flexibility index (Phi) is 18.0. The van der Waals surface area contributed by atoms with Crippen molar-refractivity contribution in [1.82, 2.24) is 4.90 Å². The van der Waals surface area contributed by atoms with E-state index in [1.807, 2.05) is 0 Å². The van der Waals surface area contributed by atoms with E-state index >= 15 is 0 Å². The van der Waals surface area contributed by atoms with Crippen LogP contribution in [0.2, 0.25) is 0 Å². The van der Waals surface area contributed by atoms with Crippen LogP contribution in [0.15, 0.2) is 24.3 Å². The number of nitrogens with zero attached hydrogens (tertiary/aromatic N) is 1. The van der Waals surface area contributed by atoms with Crippen LogP contribution in [-0.4, -0.2) is 129 Å². The first-order chi connectivity index (χ1) is 18.8. The van der Waals surface area contributed by atoms with Crippen molar-refractivity contribution in [3.05, 3.63) is 35.4 Å². The Morgan fingerprint density at radius 1 is 0.526 bits per heavy atom. The van der Waals surface area contributed by atoms with Crippen molar-refractivity contribution in [2.24, 2.45) is 0 Å². The van der Waals surface area contributed by atoms with Crippen molar-refractivity contribution in [1.29, 1.82) is 0 Å². The van der Waals surface area contributed by atoms with Crippen LogP contribution in [0.25, 0.3) is 0 Å². The van der Waals surface area contributed by atoms with Crippen molar-refractivity contribution in [3.8, 4) is 12.3 Å². The summed E-state index contributed by atoms with van der Waals surface area (Å²) in [5, 5.41) is 0. The molecule has 0 N–H and O–H groups in total. The first-order valence-electron chi connectivity index (χ1n) is 12.8. The molecule has 0 bridgehead atoms. The van der Waals surface area contributed by atoms with Crippen LogP contribution in [0.5, 0.6) is 0 Å². The van der Waals surface area contributed by atoms with E-state index in [4.69, 9.17) is 44.3 Å². The van der Waals surface area contributed by atoms with Gasteiger partial charge in [0.25, 0.3) is 11.8 Å². The van der Waals surface area contributed by atoms with Crippen LogP contribution in [0, 0.1) is 12.3 Å². The predicted molar refractivity (Wildman–Crippen MR) is 137 cm³/mol. The Bertz CT molecular complexity index is 793. The zero-order valence-electron chi connectivity index (χ0n) is 21.9. The molecule has 1 aromatic carbocycles. The van der Waals surface area contributed by atoms with Crippen molar-refractivity contribution in [2.75, 3.05) is 112 Å². The van der Waals surface area contributed by atoms with E-state index in [1.54, 1.807) is 24.3 Å². The van der Waals surface area contributed by atoms with Gasteiger partial charge in [-0.3, -0.25) is 14.5 Å². The quantitative estimate of drug-likeness (QED) is 0.102. The Morgan fingerprint density at radius 3 is 1.18 bits per heavy atom. The highest BCUT2D eigenvalue weighted by Gasteiger charge is 2.34. The maximum absolute atomic E-state index is 12.3. The Balaban J connectivity index is 1.24. The topological polar surface area (TPSA) is 111 Å². The number of hydrogen-bond acceptors (Lipinski definition) is 10. The molecule has 2 amide bonds. The summed E-state index contributed by atoms with van der Waals surface area (Å²) in [6.07, 6.45) is 5.07. The fourth-order valence-electron chi connectivity index (χ4n) is 3.27. The Hall–Kier alpha value is -2.40. The molecule has 11 heteroatoms. The number of carbonyl (C=O) groups excluding carboxylic acids is 2. The number of fused-ring (bicyclic) bond motifs is 1. The van der Waals surface area contributed by atoms with Crippen molar-refractivity contribution >= 4 is 11.8 Å². The van der Waals surface area contributed by atoms with Gasteiger partial charge in [-0.05, 0) is 12.1 Å². The third-order valence-electron chi connectivity index (χ3n) is 5.13. The second kappa shape index (κ2) is 21.5. The van der Waals surface area contributed by atoms with E-state index in [0.29, 0.717) is 110 Å². The van der Waals surface area contributed by atoms with E-state index in [9.17, 15) is 9.59 Å². The lowest BCUT2D eigenvalue weighted by Gasteiger charge is -2.13. The highest BCUT2D eigenvalue weighted by Crippen LogP contribution is 2.21. The van der Waals surface area contributed by atoms with Gasteiger partial charge in [0.1, 0.15) is 6.61 Å². The van der Waals surface area contributed by atoms with Gasteiger partial charge in [-0.1, -0.05) is 18.1 Å². The first-order valence-corrected chi connectivity index (χ1v) is 12.8. The van der Waals surface area contributed by atoms with Crippen LogP contribution in [0.3, 0.4) is 0 Å². The summed E-state index contributed by atoms with van der Waals surface area (Å²) in [4.78, 5) is 25.7. The van der Waals surface area contributed by atoms with Gasteiger partial charge in [0.05, 0.1) is 117 Å². The van der Waals surface area contributed by atoms with Crippen LogP contribution < -0.4 is 0 Å². The third kappa shape index (κ3) is 13.4. The molecule has 0 radical (unpaired) electrons. The van der Waals surface area contributed by atoms with Gasteiger partial charge < -0.3 is 37.9 Å². The minimum Gasteiger partial charge on any atom is -0.377 e. The van der Waals surface area contributed by atoms with E-state index < -0.39 is 0 Å². The molecule has 11 nitrogen and oxygen atoms in total. The van der Waals surface area contributed by atoms with Crippen LogP contribution in [-0.2, 0) is 37.9 Å². The summed E-state index contributed by atoms with van der Waals surface area (Å²) in [7, 11) is 0. The second-order valence-electron chi connectivity index (χ2n) is 7.85. The lowest BCUT2D eigenvalue weighted by Crippen LogP contribution is -2.33. The summed E-state index contributed by atoms with van der Waals surface area (Å²) in [5.74, 6) is 1.84. The average molecular weight is 538 g/mol. The van der Waals surface area contributed by atoms with Crippen molar-refractivity contribution in [2.45, 2.75) is 0 Å². The zero-order chi connectivity index (χ0) is 27.1. The van der Waals surface area contributed by atoms with Crippen molar-refractivity contribution in [3.63, 3.8) is 0 Å². The fraction of sp³-hybridized carbons (Fsp3) is 0.630. The van der Waals surface area contributed by atoms with Gasteiger partial charge in [-0.15, -0.1) is 6.42 Å². The van der Waals surface area contributed by atoms with E-state index in [1.165, 1.54) is 4.90 Å². The molecule has 1 heterocycles. The molecule has 0 saturated heterocycles. The number of terminal acetylenes is 1. The average Bonchev–Trinajstić information content (AvgIpc) is 3.18. The summed E-state index contributed by atoms with van der Waals surface area (Å²) >= 11 is 0. The summed E-state index contributed by atoms with van der Waals surface area (Å²) in [6.45, 7) is 7.34. The standard InChI is InChI=1S/C27H39NO10/c1-2-8-31-10-12-33-14-16-35-18-20-37-22-23-38-21-19-36-17-15-34-13-11-32-9-7-28-26(29)24-5-3-4-6-25(24)27(28)30/h1,3-6H,7-23H2. The van der Waals surface area contributed by atoms with E-state index in [2.05, 4.69) is 5.92 Å². The molecule has 38 heavy (non-hydrogen) atoms. The van der Waals surface area contributed by atoms with Gasteiger partial charge in [0, 0.05) is 0 Å². The molecular weight excluding hydrogens is 498 g/mol. The molecule has 1 aliphatic rings. The van der Waals surface area contributed by atoms with Gasteiger partial charge in [-0.2, -0.15) is 0 Å². The molecule has 2 rings (SSSR count). The second-order valence-corrected chi connectivity index (χ2v) is 7.85. The van der Waals surface area contributed by atoms with Gasteiger partial charge >= 0.3 is 0 Å². The Labute approximate surface area is 224 Å². The highest BCUT2D eigenvalue weighted by molar-refractivity contribution is 6.21. The summed E-state index contributed by atoms with van der Waals surface area (Å²) < 4.78 is 43.0. The molecular formula is C27H39NO10. The normalized spacial score (nSPS) is 12.8. The third-order valence-corrected chi connectivity index (χ3v) is 5.13. The minimum atomic E-state index is -0.276. The lowest BCUT2D eigenvalue weighted by molar-refractivity contribution is -0.0227. The zero-order valence-corrected chi connectivity index (χ0v) is 21.9. The maximum Gasteiger partial charge on any atom is 0.261 e. The van der Waals surface area contributed by atoms with Gasteiger partial charge in [-0.25, -0.2) is 0 Å². The number of benzene rings is 1. The maximum atomic E-state index is 12.3. The molecule has 1 aliphatic heterocycles. The largest absolute Gasteiger partial charge is 0.377 e. The number of ether oxygens (including phenoxy) is 8. The molecule has 0 atom stereocenters. The van der Waals surface area contributed by atoms with Crippen LogP contribution in [0.1, 0.15) is 20.7 Å². The molecule has 212 valence electrons. The molecule has 0 fully saturated rings. The lowest BCUT2D eigenvalue weighted by atomic mass is 10.1. The summed E-state index contributed by atoms with van der Waals surface area (Å²) in [5.41, 5.74) is 0.887. The van der Waals surface area contributed by atoms with Crippen molar-refractivity contribution < 1.29 is 47.5 Å². The molecule has 0 saturated carbocycles. The number of rotatable bonds is 25. The monoisotopic (exact) mass is 537 g/mol. The smallest absolute Gasteiger partial charge is 0.261 e. The number of amides is 2. The highest BCUT2D eigenvalue weighted by atomic mass is 16.6. The van der Waals surface area contributed by atoms with Crippen LogP contribution in [0.4, 0.5) is 0 Å². The SMILES string of the molecule is C#CCOCCOCCOCCOCCOCCOCCOCCOCCN1C(=O)c2ccccc2C1=O. The first kappa shape index (κ1) is 31.8. The van der Waals surface area contributed by atoms with Gasteiger partial charge in [0.2, 0.25) is 0 Å². The minimum absolute atomic E-state index is 0.218. The predicted octanol–water partition coefficient (Wildman–Crippen LogP) is 1.05. The van der Waals surface area contributed by atoms with Gasteiger partial charge in [0.15, 0.2) is 0 Å². The number of hydrogen-bond donors (Lipinski definition) is 0. The molecule has 0 aliphatic carbocycles. The number of imide groups is 1. The molecule has 1 aromatic rings.